The van der Waals surface area contributed by atoms with Gasteiger partial charge < -0.3 is 0 Å². The topological polar surface area (TPSA) is 34.1 Å². The molecule has 3 heteroatoms. The molecule has 0 heterocycles. The van der Waals surface area contributed by atoms with Crippen LogP contribution in [0.2, 0.25) is 0 Å². The summed E-state index contributed by atoms with van der Waals surface area (Å²) in [7, 11) is 0. The SMILES string of the molecule is C=C1C(=O)[C@H]2[C@@H]3CCC[C@@]3(C)CC[C@@H]2[C@@]2(C)C=CC(=O)C(F)=C12. The van der Waals surface area contributed by atoms with E-state index in [-0.39, 0.29) is 34.2 Å². The first-order chi connectivity index (χ1) is 10.8. The zero-order valence-electron chi connectivity index (χ0n) is 13.8. The highest BCUT2D eigenvalue weighted by atomic mass is 19.1. The Labute approximate surface area is 136 Å². The summed E-state index contributed by atoms with van der Waals surface area (Å²) >= 11 is 0. The molecular weight excluding hydrogens is 291 g/mol. The van der Waals surface area contributed by atoms with E-state index in [1.807, 2.05) is 13.0 Å². The monoisotopic (exact) mass is 314 g/mol. The highest BCUT2D eigenvalue weighted by Crippen LogP contribution is 2.64. The van der Waals surface area contributed by atoms with Crippen molar-refractivity contribution in [3.8, 4) is 0 Å². The fourth-order valence-electron chi connectivity index (χ4n) is 6.02. The summed E-state index contributed by atoms with van der Waals surface area (Å²) in [6.45, 7) is 8.20. The lowest BCUT2D eigenvalue weighted by Crippen LogP contribution is -2.53. The zero-order valence-corrected chi connectivity index (χ0v) is 13.8. The lowest BCUT2D eigenvalue weighted by molar-refractivity contribution is -0.131. The Kier molecular flexibility index (Phi) is 2.96. The van der Waals surface area contributed by atoms with Crippen molar-refractivity contribution in [1.29, 1.82) is 0 Å². The van der Waals surface area contributed by atoms with Crippen molar-refractivity contribution < 1.29 is 14.0 Å². The quantitative estimate of drug-likeness (QED) is 0.624. The van der Waals surface area contributed by atoms with Gasteiger partial charge in [0.25, 0.3) is 0 Å². The maximum absolute atomic E-state index is 14.5. The fourth-order valence-corrected chi connectivity index (χ4v) is 6.02. The first-order valence-corrected chi connectivity index (χ1v) is 8.67. The van der Waals surface area contributed by atoms with Gasteiger partial charge in [0.1, 0.15) is 0 Å². The van der Waals surface area contributed by atoms with Crippen molar-refractivity contribution in [2.45, 2.75) is 46.0 Å². The first-order valence-electron chi connectivity index (χ1n) is 8.67. The average Bonchev–Trinajstić information content (AvgIpc) is 2.90. The summed E-state index contributed by atoms with van der Waals surface area (Å²) < 4.78 is 14.5. The van der Waals surface area contributed by atoms with Gasteiger partial charge in [0, 0.05) is 22.5 Å². The van der Waals surface area contributed by atoms with Gasteiger partial charge in [-0.3, -0.25) is 9.59 Å². The summed E-state index contributed by atoms with van der Waals surface area (Å²) in [4.78, 5) is 24.8. The largest absolute Gasteiger partial charge is 0.294 e. The van der Waals surface area contributed by atoms with E-state index in [0.717, 1.165) is 19.3 Å². The maximum Gasteiger partial charge on any atom is 0.214 e. The number of Topliss-reactive ketones (excluding diaryl/α,β-unsaturated/α-hetero) is 1. The van der Waals surface area contributed by atoms with Crippen LogP contribution < -0.4 is 0 Å². The van der Waals surface area contributed by atoms with Crippen LogP contribution in [-0.2, 0) is 9.59 Å². The minimum absolute atomic E-state index is 0.0152. The van der Waals surface area contributed by atoms with Crippen LogP contribution in [0.4, 0.5) is 4.39 Å². The van der Waals surface area contributed by atoms with E-state index in [2.05, 4.69) is 13.5 Å². The van der Waals surface area contributed by atoms with E-state index >= 15 is 0 Å². The van der Waals surface area contributed by atoms with Crippen molar-refractivity contribution in [2.24, 2.45) is 28.6 Å². The molecule has 0 unspecified atom stereocenters. The molecule has 0 aromatic heterocycles. The number of fused-ring (bicyclic) bond motifs is 5. The molecule has 0 aromatic carbocycles. The highest BCUT2D eigenvalue weighted by Gasteiger charge is 2.60. The molecule has 0 aliphatic heterocycles. The highest BCUT2D eigenvalue weighted by molar-refractivity contribution is 6.10. The molecule has 5 atom stereocenters. The van der Waals surface area contributed by atoms with Gasteiger partial charge in [-0.05, 0) is 49.0 Å². The normalized spacial score (nSPS) is 45.9. The smallest absolute Gasteiger partial charge is 0.214 e. The van der Waals surface area contributed by atoms with E-state index in [9.17, 15) is 14.0 Å². The van der Waals surface area contributed by atoms with Gasteiger partial charge in [0.2, 0.25) is 5.78 Å². The van der Waals surface area contributed by atoms with E-state index in [1.54, 1.807) is 0 Å². The Morgan fingerprint density at radius 1 is 1.17 bits per heavy atom. The summed E-state index contributed by atoms with van der Waals surface area (Å²) in [5.74, 6) is -1.03. The molecule has 0 bridgehead atoms. The molecule has 4 rings (SSSR count). The lowest BCUT2D eigenvalue weighted by Gasteiger charge is -2.55. The molecule has 3 saturated carbocycles. The molecule has 4 aliphatic rings. The van der Waals surface area contributed by atoms with Gasteiger partial charge in [0.05, 0.1) is 0 Å². The predicted octanol–water partition coefficient (Wildman–Crippen LogP) is 4.33. The summed E-state index contributed by atoms with van der Waals surface area (Å²) in [6, 6.07) is 0. The van der Waals surface area contributed by atoms with Crippen molar-refractivity contribution in [3.05, 3.63) is 35.7 Å². The number of allylic oxidation sites excluding steroid dienone is 5. The van der Waals surface area contributed by atoms with Gasteiger partial charge in [-0.25, -0.2) is 4.39 Å². The fraction of sp³-hybridized carbons (Fsp3) is 0.600. The summed E-state index contributed by atoms with van der Waals surface area (Å²) in [6.07, 6.45) is 8.63. The minimum atomic E-state index is -0.772. The van der Waals surface area contributed by atoms with Crippen LogP contribution in [0.1, 0.15) is 46.0 Å². The maximum atomic E-state index is 14.5. The van der Waals surface area contributed by atoms with Gasteiger partial charge in [-0.15, -0.1) is 0 Å². The van der Waals surface area contributed by atoms with Crippen LogP contribution in [0.5, 0.6) is 0 Å². The van der Waals surface area contributed by atoms with Gasteiger partial charge >= 0.3 is 0 Å². The molecule has 0 amide bonds. The predicted molar refractivity (Wildman–Crippen MR) is 86.2 cm³/mol. The molecule has 0 aromatic rings. The standard InChI is InChI=1S/C20H23FO2/c1-11-16-17(21)14(22)7-10-20(16,3)13-6-9-19(2)8-4-5-12(19)15(13)18(11)23/h7,10,12-13,15H,1,4-6,8-9H2,2-3H3/t12-,13-,15-,19-,20+/m0/s1. The third-order valence-electron chi connectivity index (χ3n) is 7.28. The second-order valence-corrected chi connectivity index (χ2v) is 8.34. The van der Waals surface area contributed by atoms with Crippen molar-refractivity contribution in [3.63, 3.8) is 0 Å². The molecular formula is C20H23FO2. The van der Waals surface area contributed by atoms with Crippen LogP contribution in [0.15, 0.2) is 35.7 Å². The number of ketones is 2. The van der Waals surface area contributed by atoms with Crippen LogP contribution in [0.3, 0.4) is 0 Å². The van der Waals surface area contributed by atoms with Gasteiger partial charge in [0.15, 0.2) is 11.6 Å². The summed E-state index contributed by atoms with van der Waals surface area (Å²) in [5.41, 5.74) is 0.164. The van der Waals surface area contributed by atoms with Crippen molar-refractivity contribution >= 4 is 11.6 Å². The molecule has 0 saturated heterocycles. The molecule has 23 heavy (non-hydrogen) atoms. The second kappa shape index (κ2) is 4.52. The van der Waals surface area contributed by atoms with Crippen LogP contribution >= 0.6 is 0 Å². The van der Waals surface area contributed by atoms with Crippen LogP contribution in [0, 0.1) is 28.6 Å². The molecule has 2 nitrogen and oxygen atoms in total. The molecule has 122 valence electrons. The first kappa shape index (κ1) is 15.0. The van der Waals surface area contributed by atoms with Crippen molar-refractivity contribution in [1.82, 2.24) is 0 Å². The molecule has 0 N–H and O–H groups in total. The Morgan fingerprint density at radius 2 is 1.91 bits per heavy atom. The van der Waals surface area contributed by atoms with E-state index in [1.165, 1.54) is 18.9 Å². The molecule has 3 fully saturated rings. The number of hydrogen-bond donors (Lipinski definition) is 0. The zero-order chi connectivity index (χ0) is 16.6. The number of carbonyl (C=O) groups excluding carboxylic acids is 2. The lowest BCUT2D eigenvalue weighted by atomic mass is 9.47. The number of halogens is 1. The number of carbonyl (C=O) groups is 2. The molecule has 0 spiro atoms. The van der Waals surface area contributed by atoms with Crippen LogP contribution in [0.25, 0.3) is 0 Å². The average molecular weight is 314 g/mol. The molecule has 4 aliphatic carbocycles. The number of hydrogen-bond acceptors (Lipinski definition) is 2. The minimum Gasteiger partial charge on any atom is -0.294 e. The third-order valence-corrected chi connectivity index (χ3v) is 7.28. The van der Waals surface area contributed by atoms with Crippen LogP contribution in [-0.4, -0.2) is 11.6 Å². The Balaban J connectivity index is 1.87. The van der Waals surface area contributed by atoms with E-state index in [0.29, 0.717) is 5.92 Å². The molecule has 0 radical (unpaired) electrons. The third kappa shape index (κ3) is 1.74. The number of rotatable bonds is 0. The van der Waals surface area contributed by atoms with E-state index < -0.39 is 17.0 Å². The van der Waals surface area contributed by atoms with Crippen molar-refractivity contribution in [2.75, 3.05) is 0 Å². The Morgan fingerprint density at radius 3 is 2.65 bits per heavy atom. The Hall–Kier alpha value is -1.51. The summed E-state index contributed by atoms with van der Waals surface area (Å²) in [5, 5.41) is 0. The second-order valence-electron chi connectivity index (χ2n) is 8.34. The van der Waals surface area contributed by atoms with Gasteiger partial charge in [-0.1, -0.05) is 32.9 Å². The van der Waals surface area contributed by atoms with E-state index in [4.69, 9.17) is 0 Å². The van der Waals surface area contributed by atoms with Gasteiger partial charge in [-0.2, -0.15) is 0 Å². The Bertz CT molecular complexity index is 700.